The maximum Gasteiger partial charge on any atom is 0.236 e. The molecule has 0 bridgehead atoms. The van der Waals surface area contributed by atoms with Gasteiger partial charge in [0.05, 0.1) is 5.25 Å². The highest BCUT2D eigenvalue weighted by molar-refractivity contribution is 8.00. The fourth-order valence-corrected chi connectivity index (χ4v) is 4.70. The van der Waals surface area contributed by atoms with Gasteiger partial charge in [-0.25, -0.2) is 0 Å². The number of likely N-dealkylation sites (tertiary alicyclic amines) is 1. The predicted octanol–water partition coefficient (Wildman–Crippen LogP) is 1.09. The Bertz CT molecular complexity index is 291. The van der Waals surface area contributed by atoms with Gasteiger partial charge in [-0.15, -0.1) is 11.8 Å². The van der Waals surface area contributed by atoms with Gasteiger partial charge in [0, 0.05) is 25.2 Å². The van der Waals surface area contributed by atoms with Gasteiger partial charge in [0.2, 0.25) is 5.91 Å². The first-order chi connectivity index (χ1) is 7.77. The van der Waals surface area contributed by atoms with E-state index in [9.17, 15) is 4.79 Å². The minimum Gasteiger partial charge on any atom is -0.334 e. The Morgan fingerprint density at radius 2 is 2.31 bits per heavy atom. The van der Waals surface area contributed by atoms with Crippen LogP contribution in [0.15, 0.2) is 0 Å². The Kier molecular flexibility index (Phi) is 2.88. The summed E-state index contributed by atoms with van der Waals surface area (Å²) in [6, 6.07) is 0.953. The second-order valence-electron chi connectivity index (χ2n) is 5.32. The molecule has 0 radical (unpaired) electrons. The van der Waals surface area contributed by atoms with Crippen LogP contribution in [0.4, 0.5) is 0 Å². The number of nitrogens with zero attached hydrogens (tertiary/aromatic N) is 1. The number of thioether (sulfide) groups is 1. The summed E-state index contributed by atoms with van der Waals surface area (Å²) in [7, 11) is 0. The molecule has 3 fully saturated rings. The predicted molar refractivity (Wildman–Crippen MR) is 66.6 cm³/mol. The van der Waals surface area contributed by atoms with E-state index in [2.05, 4.69) is 17.1 Å². The molecule has 0 aromatic carbocycles. The van der Waals surface area contributed by atoms with Crippen LogP contribution in [-0.4, -0.2) is 47.0 Å². The van der Waals surface area contributed by atoms with Crippen molar-refractivity contribution in [2.75, 3.05) is 18.8 Å². The molecule has 0 aromatic heterocycles. The fourth-order valence-electron chi connectivity index (χ4n) is 3.48. The molecule has 1 N–H and O–H groups in total. The lowest BCUT2D eigenvalue weighted by Crippen LogP contribution is -2.46. The van der Waals surface area contributed by atoms with Gasteiger partial charge >= 0.3 is 0 Å². The largest absolute Gasteiger partial charge is 0.334 e. The summed E-state index contributed by atoms with van der Waals surface area (Å²) < 4.78 is 0. The molecule has 4 unspecified atom stereocenters. The topological polar surface area (TPSA) is 32.3 Å². The molecule has 4 heteroatoms. The van der Waals surface area contributed by atoms with Gasteiger partial charge in [0.15, 0.2) is 0 Å². The zero-order valence-corrected chi connectivity index (χ0v) is 10.6. The van der Waals surface area contributed by atoms with E-state index in [1.807, 2.05) is 11.8 Å². The van der Waals surface area contributed by atoms with Crippen LogP contribution < -0.4 is 5.32 Å². The first kappa shape index (κ1) is 10.9. The highest BCUT2D eigenvalue weighted by Gasteiger charge is 2.45. The Morgan fingerprint density at radius 1 is 1.44 bits per heavy atom. The molecule has 3 saturated heterocycles. The molecule has 90 valence electrons. The molecule has 16 heavy (non-hydrogen) atoms. The summed E-state index contributed by atoms with van der Waals surface area (Å²) >= 11 is 1.86. The van der Waals surface area contributed by atoms with Crippen LogP contribution in [0.25, 0.3) is 0 Å². The van der Waals surface area contributed by atoms with Crippen molar-refractivity contribution in [3.63, 3.8) is 0 Å². The van der Waals surface area contributed by atoms with E-state index >= 15 is 0 Å². The number of rotatable bonds is 1. The average Bonchev–Trinajstić information content (AvgIpc) is 2.89. The first-order valence-corrected chi connectivity index (χ1v) is 7.46. The lowest BCUT2D eigenvalue weighted by atomic mass is 10.0. The SMILES string of the molecule is CC1CC2CNCC2N1C(=O)C1CCCS1. The number of amides is 1. The van der Waals surface area contributed by atoms with E-state index in [0.717, 1.165) is 19.5 Å². The van der Waals surface area contributed by atoms with Gasteiger partial charge in [-0.2, -0.15) is 0 Å². The molecule has 0 aromatic rings. The molecule has 3 nitrogen and oxygen atoms in total. The molecule has 3 aliphatic rings. The third-order valence-corrected chi connectivity index (χ3v) is 5.60. The van der Waals surface area contributed by atoms with Crippen LogP contribution in [0, 0.1) is 5.92 Å². The number of hydrogen-bond donors (Lipinski definition) is 1. The molecule has 3 heterocycles. The van der Waals surface area contributed by atoms with Crippen molar-refractivity contribution >= 4 is 17.7 Å². The Balaban J connectivity index is 1.74. The molecular formula is C12H20N2OS. The minimum absolute atomic E-state index is 0.266. The minimum atomic E-state index is 0.266. The first-order valence-electron chi connectivity index (χ1n) is 6.42. The van der Waals surface area contributed by atoms with Crippen molar-refractivity contribution in [3.8, 4) is 0 Å². The normalized spacial score (nSPS) is 42.7. The molecule has 3 aliphatic heterocycles. The van der Waals surface area contributed by atoms with Crippen LogP contribution >= 0.6 is 11.8 Å². The highest BCUT2D eigenvalue weighted by atomic mass is 32.2. The summed E-state index contributed by atoms with van der Waals surface area (Å²) in [5, 5.41) is 3.69. The van der Waals surface area contributed by atoms with Gasteiger partial charge < -0.3 is 10.2 Å². The van der Waals surface area contributed by atoms with E-state index < -0.39 is 0 Å². The number of fused-ring (bicyclic) bond motifs is 1. The van der Waals surface area contributed by atoms with Gasteiger partial charge in [-0.05, 0) is 37.9 Å². The van der Waals surface area contributed by atoms with Crippen molar-refractivity contribution < 1.29 is 4.79 Å². The zero-order chi connectivity index (χ0) is 11.1. The van der Waals surface area contributed by atoms with E-state index in [-0.39, 0.29) is 5.25 Å². The monoisotopic (exact) mass is 240 g/mol. The average molecular weight is 240 g/mol. The summed E-state index contributed by atoms with van der Waals surface area (Å²) in [6.45, 7) is 4.34. The fraction of sp³-hybridized carbons (Fsp3) is 0.917. The van der Waals surface area contributed by atoms with E-state index in [0.29, 0.717) is 23.9 Å². The maximum atomic E-state index is 12.5. The van der Waals surface area contributed by atoms with Crippen LogP contribution in [0.5, 0.6) is 0 Å². The van der Waals surface area contributed by atoms with Crippen LogP contribution in [0.1, 0.15) is 26.2 Å². The lowest BCUT2D eigenvalue weighted by molar-refractivity contribution is -0.133. The Hall–Kier alpha value is -0.220. The van der Waals surface area contributed by atoms with Crippen molar-refractivity contribution in [2.45, 2.75) is 43.5 Å². The quantitative estimate of drug-likeness (QED) is 0.745. The van der Waals surface area contributed by atoms with Crippen LogP contribution in [-0.2, 0) is 4.79 Å². The van der Waals surface area contributed by atoms with E-state index in [4.69, 9.17) is 0 Å². The number of nitrogens with one attached hydrogen (secondary N) is 1. The summed E-state index contributed by atoms with van der Waals surface area (Å²) in [5.41, 5.74) is 0. The third kappa shape index (κ3) is 1.66. The number of carbonyl (C=O) groups is 1. The zero-order valence-electron chi connectivity index (χ0n) is 9.82. The molecular weight excluding hydrogens is 220 g/mol. The lowest BCUT2D eigenvalue weighted by Gasteiger charge is -2.29. The molecule has 0 spiro atoms. The molecule has 4 atom stereocenters. The Morgan fingerprint density at radius 3 is 3.06 bits per heavy atom. The Labute approximate surface area is 101 Å². The van der Waals surface area contributed by atoms with Crippen molar-refractivity contribution in [3.05, 3.63) is 0 Å². The van der Waals surface area contributed by atoms with Gasteiger partial charge in [0.1, 0.15) is 0 Å². The van der Waals surface area contributed by atoms with Gasteiger partial charge in [0.25, 0.3) is 0 Å². The van der Waals surface area contributed by atoms with Crippen LogP contribution in [0.3, 0.4) is 0 Å². The smallest absolute Gasteiger partial charge is 0.236 e. The van der Waals surface area contributed by atoms with Crippen molar-refractivity contribution in [1.29, 1.82) is 0 Å². The summed E-state index contributed by atoms with van der Waals surface area (Å²) in [6.07, 6.45) is 3.51. The highest BCUT2D eigenvalue weighted by Crippen LogP contribution is 2.36. The number of carbonyl (C=O) groups excluding carboxylic acids is 1. The second kappa shape index (κ2) is 4.22. The molecule has 0 aliphatic carbocycles. The van der Waals surface area contributed by atoms with Crippen LogP contribution in [0.2, 0.25) is 0 Å². The third-order valence-electron chi connectivity index (χ3n) is 4.24. The maximum absolute atomic E-state index is 12.5. The summed E-state index contributed by atoms with van der Waals surface area (Å²) in [5.74, 6) is 2.31. The van der Waals surface area contributed by atoms with E-state index in [1.54, 1.807) is 0 Å². The van der Waals surface area contributed by atoms with E-state index in [1.165, 1.54) is 18.6 Å². The van der Waals surface area contributed by atoms with Crippen molar-refractivity contribution in [1.82, 2.24) is 10.2 Å². The molecule has 3 rings (SSSR count). The van der Waals surface area contributed by atoms with Crippen molar-refractivity contribution in [2.24, 2.45) is 5.92 Å². The summed E-state index contributed by atoms with van der Waals surface area (Å²) in [4.78, 5) is 14.7. The van der Waals surface area contributed by atoms with Gasteiger partial charge in [-0.1, -0.05) is 0 Å². The molecule has 0 saturated carbocycles. The number of hydrogen-bond acceptors (Lipinski definition) is 3. The van der Waals surface area contributed by atoms with Gasteiger partial charge in [-0.3, -0.25) is 4.79 Å². The second-order valence-corrected chi connectivity index (χ2v) is 6.63. The molecule has 1 amide bonds. The standard InChI is InChI=1S/C12H20N2OS/c1-8-5-9-6-13-7-10(9)14(8)12(15)11-3-2-4-16-11/h8-11,13H,2-7H2,1H3.